The molecule has 0 spiro atoms. The van der Waals surface area contributed by atoms with Crippen LogP contribution in [-0.4, -0.2) is 5.16 Å². The molecule has 0 heterocycles. The highest BCUT2D eigenvalue weighted by Gasteiger charge is 2.29. The third-order valence-corrected chi connectivity index (χ3v) is 6.41. The Kier molecular flexibility index (Phi) is 7.54. The smallest absolute Gasteiger partial charge is 0.153 e. The number of isothiocyanates is 1. The molecule has 2 saturated carbocycles. The Labute approximate surface area is 172 Å². The molecule has 0 bridgehead atoms. The molecular formula is C24H27F2NS. The fraction of sp³-hybridized carbons (Fsp3) is 0.542. The van der Waals surface area contributed by atoms with Crippen LogP contribution in [0.5, 0.6) is 0 Å². The normalized spacial score (nSPS) is 27.7. The third-order valence-electron chi connectivity index (χ3n) is 6.31. The van der Waals surface area contributed by atoms with E-state index in [4.69, 9.17) is 0 Å². The Morgan fingerprint density at radius 3 is 2.07 bits per heavy atom. The van der Waals surface area contributed by atoms with Crippen LogP contribution in [0.4, 0.5) is 14.5 Å². The van der Waals surface area contributed by atoms with Crippen molar-refractivity contribution in [2.45, 2.75) is 58.3 Å². The highest BCUT2D eigenvalue weighted by atomic mass is 32.1. The SMILES string of the molecule is C/C=C/C1CCC(C2CCC(C#Cc3cc(F)c(N=C=S)c(F)c3)CC2)CC1. The highest BCUT2D eigenvalue weighted by Crippen LogP contribution is 2.41. The molecule has 0 amide bonds. The first-order valence-corrected chi connectivity index (χ1v) is 10.7. The molecule has 3 rings (SSSR count). The van der Waals surface area contributed by atoms with E-state index in [0.29, 0.717) is 11.5 Å². The van der Waals surface area contributed by atoms with Crippen LogP contribution in [0, 0.1) is 47.1 Å². The number of hydrogen-bond acceptors (Lipinski definition) is 2. The number of thiocarbonyl (C=S) groups is 1. The van der Waals surface area contributed by atoms with Crippen molar-refractivity contribution in [1.29, 1.82) is 0 Å². The van der Waals surface area contributed by atoms with Crippen molar-refractivity contribution < 1.29 is 8.78 Å². The van der Waals surface area contributed by atoms with Crippen LogP contribution >= 0.6 is 12.2 Å². The molecule has 28 heavy (non-hydrogen) atoms. The second-order valence-corrected chi connectivity index (χ2v) is 8.26. The number of allylic oxidation sites excluding steroid dienone is 2. The molecule has 0 aliphatic heterocycles. The van der Waals surface area contributed by atoms with E-state index in [1.807, 2.05) is 5.16 Å². The maximum Gasteiger partial charge on any atom is 0.153 e. The van der Waals surface area contributed by atoms with Gasteiger partial charge in [-0.1, -0.05) is 24.0 Å². The van der Waals surface area contributed by atoms with Gasteiger partial charge in [-0.2, -0.15) is 4.99 Å². The first-order valence-electron chi connectivity index (χ1n) is 10.3. The van der Waals surface area contributed by atoms with Gasteiger partial charge in [-0.3, -0.25) is 0 Å². The molecule has 0 radical (unpaired) electrons. The number of benzene rings is 1. The van der Waals surface area contributed by atoms with E-state index in [9.17, 15) is 8.78 Å². The minimum atomic E-state index is -0.751. The number of rotatable bonds is 3. The fourth-order valence-corrected chi connectivity index (χ4v) is 4.88. The molecule has 1 nitrogen and oxygen atoms in total. The molecular weight excluding hydrogens is 372 g/mol. The van der Waals surface area contributed by atoms with Gasteiger partial charge in [0.05, 0.1) is 5.16 Å². The monoisotopic (exact) mass is 399 g/mol. The summed E-state index contributed by atoms with van der Waals surface area (Å²) in [4.78, 5) is 3.43. The fourth-order valence-electron chi connectivity index (χ4n) is 4.79. The van der Waals surface area contributed by atoms with Crippen LogP contribution in [0.25, 0.3) is 0 Å². The van der Waals surface area contributed by atoms with Gasteiger partial charge >= 0.3 is 0 Å². The average Bonchev–Trinajstić information content (AvgIpc) is 2.70. The Morgan fingerprint density at radius 2 is 1.54 bits per heavy atom. The lowest BCUT2D eigenvalue weighted by atomic mass is 9.69. The summed E-state index contributed by atoms with van der Waals surface area (Å²) in [6.45, 7) is 2.11. The van der Waals surface area contributed by atoms with Crippen molar-refractivity contribution in [3.05, 3.63) is 41.5 Å². The van der Waals surface area contributed by atoms with Crippen LogP contribution < -0.4 is 0 Å². The van der Waals surface area contributed by atoms with Crippen LogP contribution in [0.3, 0.4) is 0 Å². The van der Waals surface area contributed by atoms with Crippen LogP contribution in [0.1, 0.15) is 63.9 Å². The molecule has 0 N–H and O–H groups in total. The summed E-state index contributed by atoms with van der Waals surface area (Å²) >= 11 is 4.42. The Hall–Kier alpha value is -1.82. The number of nitrogens with zero attached hydrogens (tertiary/aromatic N) is 1. The van der Waals surface area contributed by atoms with Gasteiger partial charge < -0.3 is 0 Å². The van der Waals surface area contributed by atoms with Crippen LogP contribution in [0.2, 0.25) is 0 Å². The van der Waals surface area contributed by atoms with Crippen LogP contribution in [0.15, 0.2) is 29.3 Å². The quantitative estimate of drug-likeness (QED) is 0.226. The zero-order chi connectivity index (χ0) is 19.9. The average molecular weight is 400 g/mol. The van der Waals surface area contributed by atoms with E-state index in [1.54, 1.807) is 0 Å². The lowest BCUT2D eigenvalue weighted by Crippen LogP contribution is -2.25. The summed E-state index contributed by atoms with van der Waals surface area (Å²) in [5, 5.41) is 2.00. The van der Waals surface area contributed by atoms with Gasteiger partial charge in [0.15, 0.2) is 11.6 Å². The van der Waals surface area contributed by atoms with Crippen molar-refractivity contribution in [3.63, 3.8) is 0 Å². The van der Waals surface area contributed by atoms with Gasteiger partial charge in [-0.05, 0) is 100 Å². The second kappa shape index (κ2) is 10.1. The number of halogens is 2. The van der Waals surface area contributed by atoms with Gasteiger partial charge in [0.1, 0.15) is 5.69 Å². The molecule has 0 unspecified atom stereocenters. The molecule has 2 fully saturated rings. The predicted molar refractivity (Wildman–Crippen MR) is 114 cm³/mol. The van der Waals surface area contributed by atoms with Crippen molar-refractivity contribution in [3.8, 4) is 11.8 Å². The summed E-state index contributed by atoms with van der Waals surface area (Å²) in [6, 6.07) is 2.44. The summed E-state index contributed by atoms with van der Waals surface area (Å²) < 4.78 is 27.8. The molecule has 0 aromatic heterocycles. The zero-order valence-corrected chi connectivity index (χ0v) is 17.2. The maximum atomic E-state index is 13.9. The van der Waals surface area contributed by atoms with E-state index in [0.717, 1.165) is 30.6 Å². The van der Waals surface area contributed by atoms with E-state index >= 15 is 0 Å². The number of aliphatic imine (C=N–C) groups is 1. The summed E-state index contributed by atoms with van der Waals surface area (Å²) in [5.74, 6) is 7.48. The van der Waals surface area contributed by atoms with Crippen molar-refractivity contribution >= 4 is 23.1 Å². The van der Waals surface area contributed by atoms with Crippen molar-refractivity contribution in [1.82, 2.24) is 0 Å². The molecule has 4 heteroatoms. The molecule has 0 saturated heterocycles. The minimum absolute atomic E-state index is 0.320. The maximum absolute atomic E-state index is 13.9. The zero-order valence-electron chi connectivity index (χ0n) is 16.4. The lowest BCUT2D eigenvalue weighted by Gasteiger charge is -2.36. The molecule has 1 aromatic rings. The van der Waals surface area contributed by atoms with E-state index < -0.39 is 17.3 Å². The second-order valence-electron chi connectivity index (χ2n) is 8.07. The third kappa shape index (κ3) is 5.37. The molecule has 2 aliphatic carbocycles. The standard InChI is InChI=1S/C24H27F2NS/c1-2-3-17-6-10-20(11-7-17)21-12-8-18(9-13-21)4-5-19-14-22(25)24(27-16-28)23(26)15-19/h2-3,14-15,17-18,20-21H,6-13H2,1H3/b3-2+. The van der Waals surface area contributed by atoms with E-state index in [1.165, 1.54) is 50.7 Å². The van der Waals surface area contributed by atoms with Gasteiger partial charge in [-0.25, -0.2) is 8.78 Å². The van der Waals surface area contributed by atoms with Crippen molar-refractivity contribution in [2.75, 3.05) is 0 Å². The van der Waals surface area contributed by atoms with Gasteiger partial charge in [0, 0.05) is 11.5 Å². The molecule has 148 valence electrons. The van der Waals surface area contributed by atoms with Crippen LogP contribution in [-0.2, 0) is 0 Å². The van der Waals surface area contributed by atoms with Gasteiger partial charge in [0.2, 0.25) is 0 Å². The summed E-state index contributed by atoms with van der Waals surface area (Å²) in [5.41, 5.74) is -0.0482. The Bertz CT molecular complexity index is 790. The van der Waals surface area contributed by atoms with Crippen molar-refractivity contribution in [2.24, 2.45) is 28.7 Å². The highest BCUT2D eigenvalue weighted by molar-refractivity contribution is 7.78. The summed E-state index contributed by atoms with van der Waals surface area (Å²) in [6.07, 6.45) is 14.5. The van der Waals surface area contributed by atoms with Gasteiger partial charge in [0.25, 0.3) is 0 Å². The Balaban J connectivity index is 1.54. The minimum Gasteiger partial charge on any atom is -0.204 e. The topological polar surface area (TPSA) is 12.4 Å². The first kappa shape index (κ1) is 20.9. The number of hydrogen-bond donors (Lipinski definition) is 0. The lowest BCUT2D eigenvalue weighted by molar-refractivity contribution is 0.168. The first-order chi connectivity index (χ1) is 13.6. The van der Waals surface area contributed by atoms with E-state index in [-0.39, 0.29) is 0 Å². The molecule has 2 aliphatic rings. The van der Waals surface area contributed by atoms with Gasteiger partial charge in [-0.15, -0.1) is 0 Å². The Morgan fingerprint density at radius 1 is 0.964 bits per heavy atom. The largest absolute Gasteiger partial charge is 0.204 e. The molecule has 0 atom stereocenters. The molecule has 1 aromatic carbocycles. The predicted octanol–water partition coefficient (Wildman–Crippen LogP) is 7.24. The summed E-state index contributed by atoms with van der Waals surface area (Å²) in [7, 11) is 0. The van der Waals surface area contributed by atoms with E-state index in [2.05, 4.69) is 48.1 Å².